The fraction of sp³-hybridized carbons (Fsp3) is 0.385. The molecule has 2 N–H and O–H groups in total. The van der Waals surface area contributed by atoms with Gasteiger partial charge in [0.1, 0.15) is 11.8 Å². The molecule has 0 spiro atoms. The molecule has 0 saturated heterocycles. The molecule has 0 heterocycles. The summed E-state index contributed by atoms with van der Waals surface area (Å²) in [4.78, 5) is 23.9. The van der Waals surface area contributed by atoms with Crippen molar-refractivity contribution in [3.05, 3.63) is 24.3 Å². The number of carboxylic acid groups (broad SMARTS) is 1. The van der Waals surface area contributed by atoms with E-state index in [0.717, 1.165) is 5.69 Å². The third-order valence-electron chi connectivity index (χ3n) is 2.45. The van der Waals surface area contributed by atoms with Gasteiger partial charge >= 0.3 is 5.97 Å². The summed E-state index contributed by atoms with van der Waals surface area (Å²) in [6, 6.07) is 6.35. The minimum Gasteiger partial charge on any atom is -0.484 e. The lowest BCUT2D eigenvalue weighted by atomic mass is 10.3. The van der Waals surface area contributed by atoms with Gasteiger partial charge in [0.25, 0.3) is 5.91 Å². The zero-order valence-corrected chi connectivity index (χ0v) is 11.2. The van der Waals surface area contributed by atoms with Crippen LogP contribution in [-0.4, -0.2) is 43.7 Å². The molecule has 1 atom stereocenters. The summed E-state index contributed by atoms with van der Waals surface area (Å²) in [7, 11) is 3.81. The van der Waals surface area contributed by atoms with Crippen molar-refractivity contribution in [3.8, 4) is 5.75 Å². The van der Waals surface area contributed by atoms with E-state index in [-0.39, 0.29) is 6.61 Å². The molecule has 0 radical (unpaired) electrons. The van der Waals surface area contributed by atoms with E-state index in [4.69, 9.17) is 9.84 Å². The Morgan fingerprint density at radius 2 is 2.11 bits per heavy atom. The van der Waals surface area contributed by atoms with Crippen LogP contribution in [0.15, 0.2) is 24.3 Å². The van der Waals surface area contributed by atoms with E-state index in [1.54, 1.807) is 12.1 Å². The second kappa shape index (κ2) is 6.63. The van der Waals surface area contributed by atoms with Gasteiger partial charge < -0.3 is 20.1 Å². The molecule has 1 amide bonds. The predicted octanol–water partition coefficient (Wildman–Crippen LogP) is 0.721. The number of ether oxygens (including phenoxy) is 1. The quantitative estimate of drug-likeness (QED) is 0.793. The van der Waals surface area contributed by atoms with E-state index in [0.29, 0.717) is 5.75 Å². The van der Waals surface area contributed by atoms with Crippen molar-refractivity contribution in [3.63, 3.8) is 0 Å². The van der Waals surface area contributed by atoms with Crippen LogP contribution in [0.4, 0.5) is 5.69 Å². The average molecular weight is 266 g/mol. The molecule has 0 bridgehead atoms. The van der Waals surface area contributed by atoms with Gasteiger partial charge in [-0.2, -0.15) is 0 Å². The molecule has 19 heavy (non-hydrogen) atoms. The molecule has 0 aromatic heterocycles. The minimum atomic E-state index is -1.08. The van der Waals surface area contributed by atoms with E-state index < -0.39 is 17.9 Å². The Kier molecular flexibility index (Phi) is 5.17. The number of carboxylic acids is 1. The third-order valence-corrected chi connectivity index (χ3v) is 2.45. The van der Waals surface area contributed by atoms with Crippen molar-refractivity contribution >= 4 is 17.6 Å². The van der Waals surface area contributed by atoms with Crippen molar-refractivity contribution < 1.29 is 19.4 Å². The van der Waals surface area contributed by atoms with E-state index in [1.807, 2.05) is 31.1 Å². The zero-order valence-electron chi connectivity index (χ0n) is 11.2. The van der Waals surface area contributed by atoms with E-state index >= 15 is 0 Å². The molecule has 0 aliphatic heterocycles. The first-order chi connectivity index (χ1) is 8.90. The molecular weight excluding hydrogens is 248 g/mol. The number of aliphatic carboxylic acids is 1. The highest BCUT2D eigenvalue weighted by Crippen LogP contribution is 2.18. The molecule has 6 nitrogen and oxygen atoms in total. The van der Waals surface area contributed by atoms with Gasteiger partial charge in [-0.3, -0.25) is 9.59 Å². The van der Waals surface area contributed by atoms with Crippen LogP contribution in [0.3, 0.4) is 0 Å². The van der Waals surface area contributed by atoms with Crippen LogP contribution in [0.1, 0.15) is 6.92 Å². The topological polar surface area (TPSA) is 78.9 Å². The largest absolute Gasteiger partial charge is 0.484 e. The van der Waals surface area contributed by atoms with Crippen LogP contribution in [0.2, 0.25) is 0 Å². The second-order valence-corrected chi connectivity index (χ2v) is 4.31. The first-order valence-corrected chi connectivity index (χ1v) is 5.82. The Morgan fingerprint density at radius 3 is 2.68 bits per heavy atom. The van der Waals surface area contributed by atoms with Gasteiger partial charge in [-0.1, -0.05) is 6.07 Å². The number of benzene rings is 1. The van der Waals surface area contributed by atoms with Gasteiger partial charge in [0.2, 0.25) is 0 Å². The summed E-state index contributed by atoms with van der Waals surface area (Å²) in [5.41, 5.74) is 0.955. The lowest BCUT2D eigenvalue weighted by Crippen LogP contribution is -2.40. The molecule has 1 aromatic rings. The Balaban J connectivity index is 2.50. The first kappa shape index (κ1) is 14.8. The summed E-state index contributed by atoms with van der Waals surface area (Å²) in [5.74, 6) is -0.988. The lowest BCUT2D eigenvalue weighted by Gasteiger charge is -2.14. The Bertz CT molecular complexity index is 460. The Labute approximate surface area is 112 Å². The number of carbonyl (C=O) groups excluding carboxylic acids is 1. The molecule has 1 aromatic carbocycles. The molecule has 1 rings (SSSR count). The van der Waals surface area contributed by atoms with Crippen molar-refractivity contribution in [2.24, 2.45) is 0 Å². The predicted molar refractivity (Wildman–Crippen MR) is 71.5 cm³/mol. The Morgan fingerprint density at radius 1 is 1.42 bits per heavy atom. The smallest absolute Gasteiger partial charge is 0.325 e. The molecule has 6 heteroatoms. The second-order valence-electron chi connectivity index (χ2n) is 4.31. The average Bonchev–Trinajstić information content (AvgIpc) is 2.36. The van der Waals surface area contributed by atoms with Gasteiger partial charge in [-0.25, -0.2) is 0 Å². The molecule has 0 saturated carbocycles. The molecule has 0 fully saturated rings. The summed E-state index contributed by atoms with van der Waals surface area (Å²) in [6.07, 6.45) is 0. The van der Waals surface area contributed by atoms with Crippen molar-refractivity contribution in [2.75, 3.05) is 25.6 Å². The van der Waals surface area contributed by atoms with Gasteiger partial charge in [-0.05, 0) is 19.1 Å². The fourth-order valence-corrected chi connectivity index (χ4v) is 1.35. The van der Waals surface area contributed by atoms with Crippen LogP contribution < -0.4 is 15.0 Å². The highest BCUT2D eigenvalue weighted by atomic mass is 16.5. The maximum atomic E-state index is 11.4. The normalized spacial score (nSPS) is 11.5. The standard InChI is InChI=1S/C13H18N2O4/c1-9(13(17)18)14-12(16)8-19-11-6-4-5-10(7-11)15(2)3/h4-7,9H,8H2,1-3H3,(H,14,16)(H,17,18). The highest BCUT2D eigenvalue weighted by Gasteiger charge is 2.14. The summed E-state index contributed by atoms with van der Waals surface area (Å²) >= 11 is 0. The summed E-state index contributed by atoms with van der Waals surface area (Å²) in [5, 5.41) is 11.0. The molecule has 0 aliphatic rings. The summed E-state index contributed by atoms with van der Waals surface area (Å²) in [6.45, 7) is 1.18. The van der Waals surface area contributed by atoms with E-state index in [9.17, 15) is 9.59 Å². The van der Waals surface area contributed by atoms with Crippen molar-refractivity contribution in [1.29, 1.82) is 0 Å². The van der Waals surface area contributed by atoms with Gasteiger partial charge in [-0.15, -0.1) is 0 Å². The van der Waals surface area contributed by atoms with Crippen LogP contribution in [-0.2, 0) is 9.59 Å². The number of nitrogens with zero attached hydrogens (tertiary/aromatic N) is 1. The van der Waals surface area contributed by atoms with Crippen LogP contribution in [0.5, 0.6) is 5.75 Å². The third kappa shape index (κ3) is 4.87. The number of nitrogens with one attached hydrogen (secondary N) is 1. The number of hydrogen-bond donors (Lipinski definition) is 2. The monoisotopic (exact) mass is 266 g/mol. The maximum Gasteiger partial charge on any atom is 0.325 e. The minimum absolute atomic E-state index is 0.214. The maximum absolute atomic E-state index is 11.4. The van der Waals surface area contributed by atoms with Crippen LogP contribution in [0.25, 0.3) is 0 Å². The number of rotatable bonds is 6. The SMILES string of the molecule is CC(NC(=O)COc1cccc(N(C)C)c1)C(=O)O. The van der Waals surface area contributed by atoms with E-state index in [2.05, 4.69) is 5.32 Å². The lowest BCUT2D eigenvalue weighted by molar-refractivity contribution is -0.141. The molecule has 0 aliphatic carbocycles. The van der Waals surface area contributed by atoms with Gasteiger partial charge in [0.05, 0.1) is 0 Å². The van der Waals surface area contributed by atoms with E-state index in [1.165, 1.54) is 6.92 Å². The molecule has 1 unspecified atom stereocenters. The van der Waals surface area contributed by atoms with Crippen LogP contribution in [0, 0.1) is 0 Å². The van der Waals surface area contributed by atoms with Crippen molar-refractivity contribution in [1.82, 2.24) is 5.32 Å². The molecule has 104 valence electrons. The Hall–Kier alpha value is -2.24. The highest BCUT2D eigenvalue weighted by molar-refractivity contribution is 5.84. The van der Waals surface area contributed by atoms with Crippen LogP contribution >= 0.6 is 0 Å². The number of hydrogen-bond acceptors (Lipinski definition) is 4. The fourth-order valence-electron chi connectivity index (χ4n) is 1.35. The first-order valence-electron chi connectivity index (χ1n) is 5.82. The number of anilines is 1. The summed E-state index contributed by atoms with van der Waals surface area (Å²) < 4.78 is 5.31. The number of amides is 1. The van der Waals surface area contributed by atoms with Gasteiger partial charge in [0, 0.05) is 25.8 Å². The molecular formula is C13H18N2O4. The van der Waals surface area contributed by atoms with Crippen molar-refractivity contribution in [2.45, 2.75) is 13.0 Å². The van der Waals surface area contributed by atoms with Gasteiger partial charge in [0.15, 0.2) is 6.61 Å². The number of carbonyl (C=O) groups is 2. The zero-order chi connectivity index (χ0) is 14.4.